The third kappa shape index (κ3) is 3.31. The zero-order valence-electron chi connectivity index (χ0n) is 15.0. The van der Waals surface area contributed by atoms with Crippen LogP contribution in [0.25, 0.3) is 0 Å². The van der Waals surface area contributed by atoms with E-state index < -0.39 is 0 Å². The lowest BCUT2D eigenvalue weighted by molar-refractivity contribution is 0.482. The Bertz CT molecular complexity index is 757. The number of nitriles is 1. The molecule has 1 aliphatic heterocycles. The zero-order valence-corrected chi connectivity index (χ0v) is 15.0. The summed E-state index contributed by atoms with van der Waals surface area (Å²) in [6.07, 6.45) is 12.9. The van der Waals surface area contributed by atoms with Gasteiger partial charge < -0.3 is 4.90 Å². The van der Waals surface area contributed by atoms with Gasteiger partial charge in [-0.1, -0.05) is 49.8 Å². The maximum absolute atomic E-state index is 9.46. The van der Waals surface area contributed by atoms with Crippen molar-refractivity contribution < 1.29 is 0 Å². The maximum Gasteiger partial charge on any atom is 0.0944 e. The summed E-state index contributed by atoms with van der Waals surface area (Å²) >= 11 is 0. The highest BCUT2D eigenvalue weighted by Crippen LogP contribution is 2.39. The molecule has 0 N–H and O–H groups in total. The minimum absolute atomic E-state index is 0.0405. The summed E-state index contributed by atoms with van der Waals surface area (Å²) < 4.78 is 0. The highest BCUT2D eigenvalue weighted by molar-refractivity contribution is 5.64. The molecular formula is C22H26N2. The first-order chi connectivity index (χ1) is 11.5. The van der Waals surface area contributed by atoms with Crippen molar-refractivity contribution in [1.82, 2.24) is 0 Å². The highest BCUT2D eigenvalue weighted by Gasteiger charge is 2.28. The SMILES string of the molecule is Cc1ccc2c(c1)C(C)(C)CC/C(C#N)=C\CN2C1=CCCC=C1. The lowest BCUT2D eigenvalue weighted by Crippen LogP contribution is -2.27. The molecule has 0 aromatic heterocycles. The van der Waals surface area contributed by atoms with E-state index in [4.69, 9.17) is 0 Å². The van der Waals surface area contributed by atoms with Crippen LogP contribution in [-0.2, 0) is 5.41 Å². The number of fused-ring (bicyclic) bond motifs is 1. The molecule has 0 unspecified atom stereocenters. The van der Waals surface area contributed by atoms with E-state index in [0.29, 0.717) is 0 Å². The van der Waals surface area contributed by atoms with Crippen molar-refractivity contribution in [3.8, 4) is 6.07 Å². The highest BCUT2D eigenvalue weighted by atomic mass is 15.1. The Labute approximate surface area is 145 Å². The van der Waals surface area contributed by atoms with Gasteiger partial charge in [-0.25, -0.2) is 0 Å². The number of hydrogen-bond donors (Lipinski definition) is 0. The van der Waals surface area contributed by atoms with Crippen LogP contribution in [0, 0.1) is 18.3 Å². The van der Waals surface area contributed by atoms with Gasteiger partial charge in [-0.05, 0) is 55.7 Å². The molecule has 1 aromatic carbocycles. The second kappa shape index (κ2) is 6.69. The molecule has 2 heteroatoms. The first kappa shape index (κ1) is 16.6. The van der Waals surface area contributed by atoms with E-state index >= 15 is 0 Å². The second-order valence-corrected chi connectivity index (χ2v) is 7.46. The smallest absolute Gasteiger partial charge is 0.0944 e. The minimum Gasteiger partial charge on any atom is -0.338 e. The van der Waals surface area contributed by atoms with E-state index in [0.717, 1.165) is 37.8 Å². The largest absolute Gasteiger partial charge is 0.338 e. The van der Waals surface area contributed by atoms with E-state index in [-0.39, 0.29) is 5.41 Å². The number of anilines is 1. The first-order valence-electron chi connectivity index (χ1n) is 8.86. The fourth-order valence-corrected chi connectivity index (χ4v) is 3.56. The average Bonchev–Trinajstić information content (AvgIpc) is 2.63. The van der Waals surface area contributed by atoms with Gasteiger partial charge in [-0.3, -0.25) is 0 Å². The Kier molecular flexibility index (Phi) is 4.62. The van der Waals surface area contributed by atoms with Crippen molar-refractivity contribution in [3.05, 3.63) is 64.9 Å². The molecule has 24 heavy (non-hydrogen) atoms. The lowest BCUT2D eigenvalue weighted by atomic mass is 9.78. The summed E-state index contributed by atoms with van der Waals surface area (Å²) in [7, 11) is 0. The van der Waals surface area contributed by atoms with Crippen LogP contribution in [0.2, 0.25) is 0 Å². The normalized spacial score (nSPS) is 22.2. The summed E-state index contributed by atoms with van der Waals surface area (Å²) in [5.74, 6) is 0. The van der Waals surface area contributed by atoms with Crippen molar-refractivity contribution in [2.24, 2.45) is 0 Å². The number of benzene rings is 1. The Morgan fingerprint density at radius 3 is 2.71 bits per heavy atom. The molecule has 2 nitrogen and oxygen atoms in total. The summed E-state index contributed by atoms with van der Waals surface area (Å²) in [6.45, 7) is 7.51. The van der Waals surface area contributed by atoms with Gasteiger partial charge in [0.1, 0.15) is 0 Å². The standard InChI is InChI=1S/C22H26N2/c1-17-9-10-21-20(15-17)22(2,3)13-11-18(16-23)12-14-24(21)19-7-5-4-6-8-19/h5,7-10,12,15H,4,6,11,13-14H2,1-3H3/b18-12+. The first-order valence-corrected chi connectivity index (χ1v) is 8.86. The van der Waals surface area contributed by atoms with Crippen molar-refractivity contribution in [2.75, 3.05) is 11.4 Å². The summed E-state index contributed by atoms with van der Waals surface area (Å²) in [5.41, 5.74) is 6.14. The molecule has 0 saturated carbocycles. The van der Waals surface area contributed by atoms with Gasteiger partial charge in [0.25, 0.3) is 0 Å². The van der Waals surface area contributed by atoms with Gasteiger partial charge in [0, 0.05) is 23.5 Å². The molecular weight excluding hydrogens is 292 g/mol. The van der Waals surface area contributed by atoms with Crippen LogP contribution in [0.3, 0.4) is 0 Å². The van der Waals surface area contributed by atoms with E-state index in [1.807, 2.05) is 0 Å². The molecule has 1 aromatic rings. The maximum atomic E-state index is 9.46. The van der Waals surface area contributed by atoms with Crippen molar-refractivity contribution in [1.29, 1.82) is 5.26 Å². The molecule has 3 rings (SSSR count). The van der Waals surface area contributed by atoms with Crippen molar-refractivity contribution in [2.45, 2.75) is 51.9 Å². The van der Waals surface area contributed by atoms with Crippen LogP contribution in [0.5, 0.6) is 0 Å². The minimum atomic E-state index is 0.0405. The summed E-state index contributed by atoms with van der Waals surface area (Å²) in [4.78, 5) is 2.37. The van der Waals surface area contributed by atoms with E-state index in [2.05, 4.69) is 74.2 Å². The Morgan fingerprint density at radius 2 is 2.00 bits per heavy atom. The predicted molar refractivity (Wildman–Crippen MR) is 101 cm³/mol. The molecule has 0 fully saturated rings. The van der Waals surface area contributed by atoms with Crippen LogP contribution in [0.1, 0.15) is 50.7 Å². The molecule has 0 bridgehead atoms. The van der Waals surface area contributed by atoms with Crippen molar-refractivity contribution in [3.63, 3.8) is 0 Å². The van der Waals surface area contributed by atoms with Crippen LogP contribution in [0.4, 0.5) is 5.69 Å². The van der Waals surface area contributed by atoms with Crippen LogP contribution < -0.4 is 4.90 Å². The lowest BCUT2D eigenvalue weighted by Gasteiger charge is -2.33. The third-order valence-corrected chi connectivity index (χ3v) is 5.14. The van der Waals surface area contributed by atoms with Gasteiger partial charge in [-0.2, -0.15) is 5.26 Å². The van der Waals surface area contributed by atoms with Gasteiger partial charge in [0.2, 0.25) is 0 Å². The van der Waals surface area contributed by atoms with Gasteiger partial charge in [-0.15, -0.1) is 0 Å². The average molecular weight is 318 g/mol. The van der Waals surface area contributed by atoms with Crippen LogP contribution >= 0.6 is 0 Å². The topological polar surface area (TPSA) is 27.0 Å². The zero-order chi connectivity index (χ0) is 17.2. The molecule has 1 aliphatic carbocycles. The van der Waals surface area contributed by atoms with Crippen LogP contribution in [-0.4, -0.2) is 6.54 Å². The number of hydrogen-bond acceptors (Lipinski definition) is 2. The quantitative estimate of drug-likeness (QED) is 0.678. The number of nitrogens with zero attached hydrogens (tertiary/aromatic N) is 2. The fourth-order valence-electron chi connectivity index (χ4n) is 3.56. The number of rotatable bonds is 1. The Balaban J connectivity index is 2.16. The molecule has 124 valence electrons. The van der Waals surface area contributed by atoms with E-state index in [9.17, 15) is 5.26 Å². The predicted octanol–water partition coefficient (Wildman–Crippen LogP) is 5.56. The third-order valence-electron chi connectivity index (χ3n) is 5.14. The monoisotopic (exact) mass is 318 g/mol. The fraction of sp³-hybridized carbons (Fsp3) is 0.409. The molecule has 0 atom stereocenters. The Hall–Kier alpha value is -2.27. The number of aryl methyl sites for hydroxylation is 1. The van der Waals surface area contributed by atoms with Gasteiger partial charge in [0.15, 0.2) is 0 Å². The van der Waals surface area contributed by atoms with Gasteiger partial charge in [0.05, 0.1) is 6.07 Å². The number of allylic oxidation sites excluding steroid dienone is 4. The molecule has 0 spiro atoms. The molecule has 1 heterocycles. The van der Waals surface area contributed by atoms with E-state index in [1.54, 1.807) is 0 Å². The second-order valence-electron chi connectivity index (χ2n) is 7.46. The molecule has 0 radical (unpaired) electrons. The van der Waals surface area contributed by atoms with E-state index in [1.165, 1.54) is 22.5 Å². The van der Waals surface area contributed by atoms with Crippen molar-refractivity contribution >= 4 is 5.69 Å². The summed E-state index contributed by atoms with van der Waals surface area (Å²) in [5, 5.41) is 9.46. The van der Waals surface area contributed by atoms with Gasteiger partial charge >= 0.3 is 0 Å². The van der Waals surface area contributed by atoms with Crippen LogP contribution in [0.15, 0.2) is 53.8 Å². The Morgan fingerprint density at radius 1 is 1.17 bits per heavy atom. The molecule has 0 saturated heterocycles. The summed E-state index contributed by atoms with van der Waals surface area (Å²) in [6, 6.07) is 9.17. The molecule has 2 aliphatic rings. The molecule has 0 amide bonds.